The molecule has 1 aromatic carbocycles. The van der Waals surface area contributed by atoms with Crippen molar-refractivity contribution in [2.24, 2.45) is 0 Å². The summed E-state index contributed by atoms with van der Waals surface area (Å²) in [5.74, 6) is -1.12. The maximum Gasteiger partial charge on any atom is 0.248 e. The molecule has 1 aromatic rings. The first-order valence-electron chi connectivity index (χ1n) is 6.98. The Labute approximate surface area is 122 Å². The lowest BCUT2D eigenvalue weighted by Crippen LogP contribution is -2.50. The predicted octanol–water partition coefficient (Wildman–Crippen LogP) is 0.986. The molecule has 2 unspecified atom stereocenters. The summed E-state index contributed by atoms with van der Waals surface area (Å²) in [6, 6.07) is 4.19. The summed E-state index contributed by atoms with van der Waals surface area (Å²) in [6.07, 6.45) is 0.638. The summed E-state index contributed by atoms with van der Waals surface area (Å²) in [6.45, 7) is 2.55. The monoisotopic (exact) mass is 294 g/mol. The second kappa shape index (κ2) is 6.67. The van der Waals surface area contributed by atoms with Crippen molar-refractivity contribution in [2.75, 3.05) is 13.1 Å². The minimum absolute atomic E-state index is 0.306. The molecule has 1 fully saturated rings. The lowest BCUT2D eigenvalue weighted by Gasteiger charge is -2.27. The molecule has 21 heavy (non-hydrogen) atoms. The normalized spacial score (nSPS) is 17.4. The third-order valence-corrected chi connectivity index (χ3v) is 3.57. The number of likely N-dealkylation sites (tertiary alicyclic amines) is 1. The van der Waals surface area contributed by atoms with Crippen LogP contribution in [0.3, 0.4) is 0 Å². The molecule has 1 heterocycles. The van der Waals surface area contributed by atoms with E-state index in [4.69, 9.17) is 0 Å². The van der Waals surface area contributed by atoms with E-state index in [0.717, 1.165) is 12.8 Å². The number of benzene rings is 1. The zero-order chi connectivity index (χ0) is 15.4. The summed E-state index contributed by atoms with van der Waals surface area (Å²) >= 11 is 0. The molecular weight excluding hydrogens is 275 g/mol. The van der Waals surface area contributed by atoms with Gasteiger partial charge in [-0.15, -0.1) is 0 Å². The number of nitrogens with one attached hydrogen (secondary N) is 1. The van der Waals surface area contributed by atoms with Crippen LogP contribution >= 0.6 is 0 Å². The van der Waals surface area contributed by atoms with Gasteiger partial charge in [0.2, 0.25) is 11.8 Å². The van der Waals surface area contributed by atoms with Crippen LogP contribution in [-0.4, -0.2) is 41.0 Å². The minimum atomic E-state index is -1.21. The van der Waals surface area contributed by atoms with E-state index < -0.39 is 23.9 Å². The molecule has 1 aliphatic heterocycles. The number of halogens is 1. The van der Waals surface area contributed by atoms with Crippen molar-refractivity contribution in [1.29, 1.82) is 0 Å². The Morgan fingerprint density at radius 1 is 1.24 bits per heavy atom. The van der Waals surface area contributed by atoms with Crippen molar-refractivity contribution < 1.29 is 19.1 Å². The highest BCUT2D eigenvalue weighted by Crippen LogP contribution is 2.20. The second-order valence-electron chi connectivity index (χ2n) is 5.21. The van der Waals surface area contributed by atoms with E-state index in [-0.39, 0.29) is 5.91 Å². The van der Waals surface area contributed by atoms with Crippen LogP contribution in [-0.2, 0) is 9.59 Å². The van der Waals surface area contributed by atoms with E-state index in [2.05, 4.69) is 5.32 Å². The fourth-order valence-electron chi connectivity index (χ4n) is 2.48. The molecule has 2 rings (SSSR count). The van der Waals surface area contributed by atoms with Gasteiger partial charge in [-0.3, -0.25) is 9.59 Å². The second-order valence-corrected chi connectivity index (χ2v) is 5.21. The lowest BCUT2D eigenvalue weighted by molar-refractivity contribution is -0.138. The standard InChI is InChI=1S/C15H19FN2O3/c1-10(19)17-13(15(21)18-8-2-3-9-18)14(20)11-4-6-12(16)7-5-11/h4-7,13-14,20H,2-3,8-9H2,1H3,(H,17,19). The summed E-state index contributed by atoms with van der Waals surface area (Å²) in [7, 11) is 0. The quantitative estimate of drug-likeness (QED) is 0.870. The first-order chi connectivity index (χ1) is 9.99. The third kappa shape index (κ3) is 3.78. The molecule has 0 radical (unpaired) electrons. The van der Waals surface area contributed by atoms with Gasteiger partial charge in [0.05, 0.1) is 0 Å². The zero-order valence-corrected chi connectivity index (χ0v) is 11.9. The molecule has 0 aromatic heterocycles. The number of aliphatic hydroxyl groups excluding tert-OH is 1. The maximum atomic E-state index is 12.9. The summed E-state index contributed by atoms with van der Waals surface area (Å²) < 4.78 is 12.9. The predicted molar refractivity (Wildman–Crippen MR) is 74.8 cm³/mol. The van der Waals surface area contributed by atoms with E-state index >= 15 is 0 Å². The van der Waals surface area contributed by atoms with Gasteiger partial charge in [-0.1, -0.05) is 12.1 Å². The molecule has 1 aliphatic rings. The fraction of sp³-hybridized carbons (Fsp3) is 0.467. The summed E-state index contributed by atoms with van der Waals surface area (Å²) in [4.78, 5) is 25.4. The molecule has 2 amide bonds. The van der Waals surface area contributed by atoms with Crippen LogP contribution in [0, 0.1) is 5.82 Å². The van der Waals surface area contributed by atoms with Crippen molar-refractivity contribution in [2.45, 2.75) is 31.9 Å². The zero-order valence-electron chi connectivity index (χ0n) is 11.9. The van der Waals surface area contributed by atoms with Gasteiger partial charge >= 0.3 is 0 Å². The topological polar surface area (TPSA) is 69.6 Å². The molecule has 0 spiro atoms. The van der Waals surface area contributed by atoms with Gasteiger partial charge in [-0.05, 0) is 30.5 Å². The van der Waals surface area contributed by atoms with Crippen LogP contribution < -0.4 is 5.32 Å². The van der Waals surface area contributed by atoms with Gasteiger partial charge in [-0.25, -0.2) is 4.39 Å². The van der Waals surface area contributed by atoms with Crippen LogP contribution in [0.1, 0.15) is 31.4 Å². The van der Waals surface area contributed by atoms with Crippen molar-refractivity contribution in [3.8, 4) is 0 Å². The van der Waals surface area contributed by atoms with Crippen molar-refractivity contribution in [3.63, 3.8) is 0 Å². The van der Waals surface area contributed by atoms with Crippen LogP contribution in [0.5, 0.6) is 0 Å². The minimum Gasteiger partial charge on any atom is -0.386 e. The average molecular weight is 294 g/mol. The Hall–Kier alpha value is -1.95. The summed E-state index contributed by atoms with van der Waals surface area (Å²) in [5, 5.41) is 12.9. The van der Waals surface area contributed by atoms with E-state index in [1.54, 1.807) is 4.90 Å². The Kier molecular flexibility index (Phi) is 4.90. The molecule has 2 N–H and O–H groups in total. The highest BCUT2D eigenvalue weighted by Gasteiger charge is 2.33. The highest BCUT2D eigenvalue weighted by atomic mass is 19.1. The van der Waals surface area contributed by atoms with E-state index in [1.165, 1.54) is 31.2 Å². The highest BCUT2D eigenvalue weighted by molar-refractivity contribution is 5.87. The Morgan fingerprint density at radius 3 is 2.33 bits per heavy atom. The van der Waals surface area contributed by atoms with Crippen LogP contribution in [0.25, 0.3) is 0 Å². The molecule has 2 atom stereocenters. The fourth-order valence-corrected chi connectivity index (χ4v) is 2.48. The van der Waals surface area contributed by atoms with Crippen LogP contribution in [0.15, 0.2) is 24.3 Å². The van der Waals surface area contributed by atoms with E-state index in [0.29, 0.717) is 18.7 Å². The Bertz CT molecular complexity index is 512. The molecule has 114 valence electrons. The van der Waals surface area contributed by atoms with Crippen molar-refractivity contribution in [1.82, 2.24) is 10.2 Å². The summed E-state index contributed by atoms with van der Waals surface area (Å²) in [5.41, 5.74) is 0.391. The molecule has 0 bridgehead atoms. The number of hydrogen-bond acceptors (Lipinski definition) is 3. The Morgan fingerprint density at radius 2 is 1.81 bits per heavy atom. The van der Waals surface area contributed by atoms with Gasteiger partial charge in [-0.2, -0.15) is 0 Å². The Balaban J connectivity index is 2.19. The molecule has 6 heteroatoms. The average Bonchev–Trinajstić information content (AvgIpc) is 2.98. The molecule has 1 saturated heterocycles. The van der Waals surface area contributed by atoms with Crippen LogP contribution in [0.2, 0.25) is 0 Å². The van der Waals surface area contributed by atoms with Gasteiger partial charge < -0.3 is 15.3 Å². The van der Waals surface area contributed by atoms with Crippen molar-refractivity contribution >= 4 is 11.8 Å². The number of rotatable bonds is 4. The van der Waals surface area contributed by atoms with Crippen LogP contribution in [0.4, 0.5) is 4.39 Å². The first kappa shape index (κ1) is 15.4. The maximum absolute atomic E-state index is 12.9. The molecule has 0 aliphatic carbocycles. The van der Waals surface area contributed by atoms with E-state index in [9.17, 15) is 19.1 Å². The van der Waals surface area contributed by atoms with Gasteiger partial charge in [0.25, 0.3) is 0 Å². The third-order valence-electron chi connectivity index (χ3n) is 3.57. The molecular formula is C15H19FN2O3. The van der Waals surface area contributed by atoms with Gasteiger partial charge in [0, 0.05) is 20.0 Å². The number of carbonyl (C=O) groups is 2. The SMILES string of the molecule is CC(=O)NC(C(=O)N1CCCC1)C(O)c1ccc(F)cc1. The number of nitrogens with zero attached hydrogens (tertiary/aromatic N) is 1. The lowest BCUT2D eigenvalue weighted by atomic mass is 10.0. The number of hydrogen-bond donors (Lipinski definition) is 2. The largest absolute Gasteiger partial charge is 0.386 e. The van der Waals surface area contributed by atoms with Gasteiger partial charge in [0.1, 0.15) is 18.0 Å². The number of aliphatic hydroxyl groups is 1. The van der Waals surface area contributed by atoms with Gasteiger partial charge in [0.15, 0.2) is 0 Å². The first-order valence-corrected chi connectivity index (χ1v) is 6.98. The molecule has 5 nitrogen and oxygen atoms in total. The van der Waals surface area contributed by atoms with E-state index in [1.807, 2.05) is 0 Å². The smallest absolute Gasteiger partial charge is 0.248 e. The van der Waals surface area contributed by atoms with Crippen molar-refractivity contribution in [3.05, 3.63) is 35.6 Å². The number of amides is 2. The molecule has 0 saturated carbocycles. The number of carbonyl (C=O) groups excluding carboxylic acids is 2.